The molecule has 8 unspecified atom stereocenters. The average molecular weight is 1120 g/mol. The molecule has 0 aliphatic carbocycles. The first-order valence-corrected chi connectivity index (χ1v) is 26.8. The summed E-state index contributed by atoms with van der Waals surface area (Å²) in [5, 5.41) is 103. The van der Waals surface area contributed by atoms with Gasteiger partial charge in [0.15, 0.2) is 25.2 Å². The molecule has 4 heterocycles. The molecule has 9 rings (SSSR count). The summed E-state index contributed by atoms with van der Waals surface area (Å²) in [7, 11) is 0. The van der Waals surface area contributed by atoms with Crippen LogP contribution in [0.5, 0.6) is 0 Å². The third-order valence-corrected chi connectivity index (χ3v) is 14.5. The van der Waals surface area contributed by atoms with Gasteiger partial charge in [0.05, 0.1) is 59.5 Å². The normalized spacial score (nSPS) is 34.7. The van der Waals surface area contributed by atoms with Crippen LogP contribution >= 0.6 is 0 Å². The van der Waals surface area contributed by atoms with Crippen molar-refractivity contribution in [3.05, 3.63) is 179 Å². The molecule has 0 saturated carbocycles. The second-order valence-corrected chi connectivity index (χ2v) is 20.0. The van der Waals surface area contributed by atoms with E-state index in [9.17, 15) is 46.0 Å². The lowest BCUT2D eigenvalue weighted by molar-refractivity contribution is -0.391. The maximum atomic E-state index is 12.7. The van der Waals surface area contributed by atoms with Crippen LogP contribution in [0, 0.1) is 0 Å². The minimum Gasteiger partial charge on any atom is -0.394 e. The van der Waals surface area contributed by atoms with Crippen LogP contribution in [0.2, 0.25) is 0 Å². The van der Waals surface area contributed by atoms with Crippen molar-refractivity contribution in [1.82, 2.24) is 0 Å². The van der Waals surface area contributed by atoms with Crippen LogP contribution in [-0.2, 0) is 89.9 Å². The number of aliphatic hydroxyl groups excluding tert-OH is 9. The van der Waals surface area contributed by atoms with Gasteiger partial charge in [0.25, 0.3) is 0 Å². The number of benzene rings is 5. The lowest BCUT2D eigenvalue weighted by Crippen LogP contribution is -2.67. The van der Waals surface area contributed by atoms with E-state index < -0.39 is 149 Å². The second kappa shape index (κ2) is 29.5. The SMILES string of the molecule is OCC1O[C@@H](OCC2O[C@@H](O[C@@H]3C(O)[C@H](OCc4ccccc4)OC(CO)[C@H]3OCc3ccccc3)C(O)[C@@H](O[C@@H]3OC(CO)[C@@H](OCc4ccccc4)[C@H](O)C3O)[C@@H]2OCc2ccccc2)C(O)[C@@H](O)[C@@H]1OCc1ccccc1. The van der Waals surface area contributed by atoms with E-state index in [1.54, 1.807) is 48.5 Å². The molecule has 80 heavy (non-hydrogen) atoms. The van der Waals surface area contributed by atoms with Crippen molar-refractivity contribution >= 4 is 0 Å². The molecule has 0 bridgehead atoms. The Labute approximate surface area is 463 Å². The third kappa shape index (κ3) is 15.1. The summed E-state index contributed by atoms with van der Waals surface area (Å²) in [5.74, 6) is 0. The Hall–Kier alpha value is -4.74. The Bertz CT molecular complexity index is 2520. The monoisotopic (exact) mass is 1120 g/mol. The van der Waals surface area contributed by atoms with Crippen molar-refractivity contribution in [2.45, 2.75) is 156 Å². The van der Waals surface area contributed by atoms with Crippen molar-refractivity contribution < 1.29 is 103 Å². The van der Waals surface area contributed by atoms with Gasteiger partial charge in [0, 0.05) is 0 Å². The van der Waals surface area contributed by atoms with Crippen LogP contribution in [0.25, 0.3) is 0 Å². The van der Waals surface area contributed by atoms with Crippen LogP contribution in [0.3, 0.4) is 0 Å². The van der Waals surface area contributed by atoms with Gasteiger partial charge in [-0.15, -0.1) is 0 Å². The summed E-state index contributed by atoms with van der Waals surface area (Å²) in [6.07, 6.45) is -30.6. The molecule has 4 fully saturated rings. The lowest BCUT2D eigenvalue weighted by atomic mass is 9.95. The number of aliphatic hydroxyl groups is 9. The molecule has 0 spiro atoms. The Balaban J connectivity index is 1.03. The zero-order chi connectivity index (χ0) is 56.0. The second-order valence-electron chi connectivity index (χ2n) is 20.0. The average Bonchev–Trinajstić information content (AvgIpc) is 3.57. The first kappa shape index (κ1) is 59.9. The molecule has 4 aliphatic rings. The molecular weight excluding hydrogens is 1040 g/mol. The summed E-state index contributed by atoms with van der Waals surface area (Å²) in [6, 6.07) is 45.3. The third-order valence-electron chi connectivity index (χ3n) is 14.5. The van der Waals surface area contributed by atoms with E-state index in [-0.39, 0.29) is 33.0 Å². The van der Waals surface area contributed by atoms with Crippen molar-refractivity contribution in [3.63, 3.8) is 0 Å². The van der Waals surface area contributed by atoms with Crippen LogP contribution < -0.4 is 0 Å². The number of hydrogen-bond donors (Lipinski definition) is 9. The zero-order valence-corrected chi connectivity index (χ0v) is 43.8. The molecule has 0 aromatic heterocycles. The number of ether oxygens (including phenoxy) is 12. The zero-order valence-electron chi connectivity index (χ0n) is 43.8. The fourth-order valence-corrected chi connectivity index (χ4v) is 10.1. The number of rotatable bonds is 25. The summed E-state index contributed by atoms with van der Waals surface area (Å²) >= 11 is 0. The summed E-state index contributed by atoms with van der Waals surface area (Å²) in [4.78, 5) is 0. The molecule has 5 aromatic rings. The molecular formula is C59H72O21. The van der Waals surface area contributed by atoms with Crippen molar-refractivity contribution in [1.29, 1.82) is 0 Å². The van der Waals surface area contributed by atoms with E-state index in [1.165, 1.54) is 0 Å². The highest BCUT2D eigenvalue weighted by Crippen LogP contribution is 2.37. The van der Waals surface area contributed by atoms with Gasteiger partial charge in [0.2, 0.25) is 0 Å². The fourth-order valence-electron chi connectivity index (χ4n) is 10.1. The van der Waals surface area contributed by atoms with E-state index in [2.05, 4.69) is 0 Å². The first-order valence-electron chi connectivity index (χ1n) is 26.8. The highest BCUT2D eigenvalue weighted by Gasteiger charge is 2.56. The molecule has 4 saturated heterocycles. The summed E-state index contributed by atoms with van der Waals surface area (Å²) < 4.78 is 75.5. The van der Waals surface area contributed by atoms with E-state index in [0.717, 1.165) is 22.3 Å². The van der Waals surface area contributed by atoms with Gasteiger partial charge < -0.3 is 103 Å². The van der Waals surface area contributed by atoms with Gasteiger partial charge in [-0.05, 0) is 27.8 Å². The van der Waals surface area contributed by atoms with Crippen LogP contribution in [-0.4, -0.2) is 195 Å². The van der Waals surface area contributed by atoms with Crippen molar-refractivity contribution in [2.75, 3.05) is 26.4 Å². The largest absolute Gasteiger partial charge is 0.394 e. The van der Waals surface area contributed by atoms with Gasteiger partial charge in [0.1, 0.15) is 97.7 Å². The minimum atomic E-state index is -1.93. The van der Waals surface area contributed by atoms with Crippen LogP contribution in [0.1, 0.15) is 27.8 Å². The smallest absolute Gasteiger partial charge is 0.187 e. The van der Waals surface area contributed by atoms with E-state index >= 15 is 0 Å². The lowest BCUT2D eigenvalue weighted by Gasteiger charge is -2.50. The Kier molecular flexibility index (Phi) is 22.1. The predicted molar refractivity (Wildman–Crippen MR) is 279 cm³/mol. The van der Waals surface area contributed by atoms with E-state index in [0.29, 0.717) is 5.56 Å². The quantitative estimate of drug-likeness (QED) is 0.0399. The van der Waals surface area contributed by atoms with Gasteiger partial charge in [-0.1, -0.05) is 152 Å². The van der Waals surface area contributed by atoms with Gasteiger partial charge in [-0.3, -0.25) is 0 Å². The minimum absolute atomic E-state index is 0.00426. The van der Waals surface area contributed by atoms with Gasteiger partial charge in [-0.25, -0.2) is 0 Å². The summed E-state index contributed by atoms with van der Waals surface area (Å²) in [6.45, 7) is -2.71. The topological polar surface area (TPSA) is 293 Å². The number of hydrogen-bond acceptors (Lipinski definition) is 21. The van der Waals surface area contributed by atoms with Crippen molar-refractivity contribution in [3.8, 4) is 0 Å². The van der Waals surface area contributed by atoms with Gasteiger partial charge in [-0.2, -0.15) is 0 Å². The molecule has 9 N–H and O–H groups in total. The van der Waals surface area contributed by atoms with Crippen molar-refractivity contribution in [2.24, 2.45) is 0 Å². The maximum absolute atomic E-state index is 12.7. The van der Waals surface area contributed by atoms with Gasteiger partial charge >= 0.3 is 0 Å². The van der Waals surface area contributed by atoms with E-state index in [4.69, 9.17) is 56.8 Å². The molecule has 20 atom stereocenters. The molecule has 434 valence electrons. The molecule has 0 amide bonds. The molecule has 21 nitrogen and oxygen atoms in total. The Morgan fingerprint density at radius 3 is 0.938 bits per heavy atom. The van der Waals surface area contributed by atoms with Crippen LogP contribution in [0.15, 0.2) is 152 Å². The molecule has 4 aliphatic heterocycles. The first-order chi connectivity index (χ1) is 39.0. The van der Waals surface area contributed by atoms with E-state index in [1.807, 2.05) is 103 Å². The molecule has 5 aromatic carbocycles. The standard InChI is InChI=1S/C59H72O21/c60-26-40-50(69-29-35-16-6-1-7-17-35)44(63)46(65)56(75-40)74-34-43-53(72-32-38-22-12-4-13-23-38)55(79-58-47(66)45(64)51(41(27-61)77-58)70-30-36-18-8-2-9-19-36)49(68)59(78-43)80-54-48(67)57(73-33-39-24-14-5-15-25-39)76-42(28-62)52(54)71-31-37-20-10-3-11-21-37/h1-25,40-68H,26-34H2/t40?,41?,42?,43?,44-,45-,46?,47?,48?,49?,50-,51-,52-,53-,54-,55-,56-,57-,58+,59+/m1/s1. The maximum Gasteiger partial charge on any atom is 0.187 e. The highest BCUT2D eigenvalue weighted by atomic mass is 16.8. The highest BCUT2D eigenvalue weighted by molar-refractivity contribution is 5.17. The fraction of sp³-hybridized carbons (Fsp3) is 0.492. The molecule has 0 radical (unpaired) electrons. The Morgan fingerprint density at radius 1 is 0.275 bits per heavy atom. The summed E-state index contributed by atoms with van der Waals surface area (Å²) in [5.41, 5.74) is 3.66. The molecule has 21 heteroatoms. The predicted octanol–water partition coefficient (Wildman–Crippen LogP) is 1.37. The van der Waals surface area contributed by atoms with Crippen LogP contribution in [0.4, 0.5) is 0 Å². The Morgan fingerprint density at radius 2 is 0.550 bits per heavy atom.